The van der Waals surface area contributed by atoms with Gasteiger partial charge in [0.1, 0.15) is 5.15 Å². The quantitative estimate of drug-likeness (QED) is 0.716. The van der Waals surface area contributed by atoms with Crippen LogP contribution in [-0.4, -0.2) is 23.0 Å². The van der Waals surface area contributed by atoms with Gasteiger partial charge in [0.15, 0.2) is 0 Å². The van der Waals surface area contributed by atoms with Crippen LogP contribution in [0.5, 0.6) is 0 Å². The third-order valence-corrected chi connectivity index (χ3v) is 3.93. The third kappa shape index (κ3) is 1.88. The Morgan fingerprint density at radius 1 is 1.27 bits per heavy atom. The summed E-state index contributed by atoms with van der Waals surface area (Å²) in [5.74, 6) is 1.95. The summed E-state index contributed by atoms with van der Waals surface area (Å²) in [6.45, 7) is 3.49. The first-order valence-corrected chi connectivity index (χ1v) is 6.03. The van der Waals surface area contributed by atoms with Crippen LogP contribution in [-0.2, 0) is 6.54 Å². The van der Waals surface area contributed by atoms with Crippen molar-refractivity contribution in [3.8, 4) is 0 Å². The predicted octanol–water partition coefficient (Wildman–Crippen LogP) is 2.58. The first-order chi connectivity index (χ1) is 7.31. The number of rotatable bonds is 2. The molecule has 1 aromatic rings. The van der Waals surface area contributed by atoms with Crippen LogP contribution in [0.15, 0.2) is 18.2 Å². The van der Waals surface area contributed by atoms with Crippen molar-refractivity contribution in [2.45, 2.75) is 19.4 Å². The van der Waals surface area contributed by atoms with Gasteiger partial charge in [-0.05, 0) is 36.8 Å². The number of nitrogens with zero attached hydrogens (tertiary/aromatic N) is 2. The molecule has 2 fully saturated rings. The zero-order valence-electron chi connectivity index (χ0n) is 8.69. The topological polar surface area (TPSA) is 16.1 Å². The maximum atomic E-state index is 5.87. The molecule has 2 nitrogen and oxygen atoms in total. The summed E-state index contributed by atoms with van der Waals surface area (Å²) < 4.78 is 0. The van der Waals surface area contributed by atoms with Gasteiger partial charge in [-0.3, -0.25) is 4.90 Å². The molecule has 2 aliphatic rings. The Hall–Kier alpha value is -0.600. The lowest BCUT2D eigenvalue weighted by Crippen LogP contribution is -2.22. The Bertz CT molecular complexity index is 354. The van der Waals surface area contributed by atoms with Gasteiger partial charge in [-0.2, -0.15) is 0 Å². The van der Waals surface area contributed by atoms with E-state index in [-0.39, 0.29) is 0 Å². The summed E-state index contributed by atoms with van der Waals surface area (Å²) in [5, 5.41) is 0.606. The van der Waals surface area contributed by atoms with Crippen molar-refractivity contribution in [2.24, 2.45) is 11.8 Å². The van der Waals surface area contributed by atoms with Crippen LogP contribution in [0.25, 0.3) is 0 Å². The number of fused-ring (bicyclic) bond motifs is 1. The van der Waals surface area contributed by atoms with E-state index in [2.05, 4.69) is 16.0 Å². The molecule has 1 aliphatic carbocycles. The molecule has 3 heteroatoms. The molecule has 0 aromatic carbocycles. The molecule has 2 unspecified atom stereocenters. The molecule has 2 heterocycles. The second kappa shape index (κ2) is 3.76. The second-order valence-electron chi connectivity index (χ2n) is 4.74. The van der Waals surface area contributed by atoms with Crippen LogP contribution in [0, 0.1) is 11.8 Å². The Balaban J connectivity index is 1.65. The number of hydrogen-bond donors (Lipinski definition) is 0. The Morgan fingerprint density at radius 2 is 2.00 bits per heavy atom. The van der Waals surface area contributed by atoms with E-state index in [0.717, 1.165) is 24.1 Å². The molecule has 0 amide bonds. The average Bonchev–Trinajstić information content (AvgIpc) is 2.45. The number of pyridine rings is 1. The van der Waals surface area contributed by atoms with Crippen LogP contribution in [0.1, 0.15) is 18.5 Å². The lowest BCUT2D eigenvalue weighted by atomic mass is 9.77. The van der Waals surface area contributed by atoms with Crippen LogP contribution in [0.2, 0.25) is 5.15 Å². The largest absolute Gasteiger partial charge is 0.297 e. The summed E-state index contributed by atoms with van der Waals surface area (Å²) in [6.07, 6.45) is 2.87. The summed E-state index contributed by atoms with van der Waals surface area (Å²) in [7, 11) is 0. The van der Waals surface area contributed by atoms with Gasteiger partial charge in [0, 0.05) is 19.6 Å². The maximum Gasteiger partial charge on any atom is 0.129 e. The van der Waals surface area contributed by atoms with Crippen molar-refractivity contribution in [2.75, 3.05) is 13.1 Å². The van der Waals surface area contributed by atoms with Crippen molar-refractivity contribution in [3.63, 3.8) is 0 Å². The molecule has 1 saturated heterocycles. The molecule has 15 heavy (non-hydrogen) atoms. The van der Waals surface area contributed by atoms with E-state index in [1.54, 1.807) is 0 Å². The maximum absolute atomic E-state index is 5.87. The zero-order valence-corrected chi connectivity index (χ0v) is 9.45. The van der Waals surface area contributed by atoms with E-state index >= 15 is 0 Å². The highest BCUT2D eigenvalue weighted by Crippen LogP contribution is 2.40. The average molecular weight is 223 g/mol. The Morgan fingerprint density at radius 3 is 2.60 bits per heavy atom. The van der Waals surface area contributed by atoms with Crippen LogP contribution in [0.4, 0.5) is 0 Å². The van der Waals surface area contributed by atoms with Crippen molar-refractivity contribution >= 4 is 11.6 Å². The molecular formula is C12H15ClN2. The van der Waals surface area contributed by atoms with Crippen molar-refractivity contribution < 1.29 is 0 Å². The summed E-state index contributed by atoms with van der Waals surface area (Å²) in [4.78, 5) is 6.85. The van der Waals surface area contributed by atoms with E-state index in [0.29, 0.717) is 5.15 Å². The molecule has 0 bridgehead atoms. The lowest BCUT2D eigenvalue weighted by molar-refractivity contribution is 0.243. The minimum atomic E-state index is 0.606. The molecule has 3 rings (SSSR count). The van der Waals surface area contributed by atoms with E-state index in [1.807, 2.05) is 12.1 Å². The molecule has 0 spiro atoms. The number of halogens is 1. The highest BCUT2D eigenvalue weighted by molar-refractivity contribution is 6.29. The van der Waals surface area contributed by atoms with Gasteiger partial charge in [-0.1, -0.05) is 17.7 Å². The molecule has 1 aromatic heterocycles. The second-order valence-corrected chi connectivity index (χ2v) is 5.13. The van der Waals surface area contributed by atoms with Crippen LogP contribution >= 0.6 is 11.6 Å². The number of aromatic nitrogens is 1. The van der Waals surface area contributed by atoms with Crippen molar-refractivity contribution in [1.82, 2.24) is 9.88 Å². The minimum Gasteiger partial charge on any atom is -0.297 e. The Kier molecular flexibility index (Phi) is 2.41. The van der Waals surface area contributed by atoms with Crippen LogP contribution < -0.4 is 0 Å². The van der Waals surface area contributed by atoms with Gasteiger partial charge in [0.2, 0.25) is 0 Å². The smallest absolute Gasteiger partial charge is 0.129 e. The minimum absolute atomic E-state index is 0.606. The van der Waals surface area contributed by atoms with Gasteiger partial charge in [0.25, 0.3) is 0 Å². The van der Waals surface area contributed by atoms with Crippen molar-refractivity contribution in [3.05, 3.63) is 29.0 Å². The van der Waals surface area contributed by atoms with E-state index in [1.165, 1.54) is 25.9 Å². The third-order valence-electron chi connectivity index (χ3n) is 3.72. The first-order valence-electron chi connectivity index (χ1n) is 5.65. The molecule has 1 saturated carbocycles. The van der Waals surface area contributed by atoms with Crippen molar-refractivity contribution in [1.29, 1.82) is 0 Å². The number of hydrogen-bond acceptors (Lipinski definition) is 2. The first kappa shape index (κ1) is 9.61. The summed E-state index contributed by atoms with van der Waals surface area (Å²) in [6, 6.07) is 5.88. The van der Waals surface area contributed by atoms with Crippen LogP contribution in [0.3, 0.4) is 0 Å². The molecule has 0 N–H and O–H groups in total. The zero-order chi connectivity index (χ0) is 10.3. The summed E-state index contributed by atoms with van der Waals surface area (Å²) in [5.41, 5.74) is 1.10. The normalized spacial score (nSPS) is 29.9. The molecule has 2 atom stereocenters. The number of likely N-dealkylation sites (tertiary alicyclic amines) is 1. The lowest BCUT2D eigenvalue weighted by Gasteiger charge is -2.28. The fraction of sp³-hybridized carbons (Fsp3) is 0.583. The molecule has 1 aliphatic heterocycles. The SMILES string of the molecule is Clc1cccc(CN2CC3CCC3C2)n1. The fourth-order valence-corrected chi connectivity index (χ4v) is 2.93. The molecule has 0 radical (unpaired) electrons. The standard InChI is InChI=1S/C12H15ClN2/c13-12-3-1-2-11(14-12)8-15-6-9-4-5-10(9)7-15/h1-3,9-10H,4-8H2. The van der Waals surface area contributed by atoms with E-state index < -0.39 is 0 Å². The monoisotopic (exact) mass is 222 g/mol. The fourth-order valence-electron chi connectivity index (χ4n) is 2.75. The summed E-state index contributed by atoms with van der Waals surface area (Å²) >= 11 is 5.87. The van der Waals surface area contributed by atoms with Gasteiger partial charge in [-0.15, -0.1) is 0 Å². The predicted molar refractivity (Wildman–Crippen MR) is 60.7 cm³/mol. The van der Waals surface area contributed by atoms with Gasteiger partial charge in [0.05, 0.1) is 5.69 Å². The van der Waals surface area contributed by atoms with Gasteiger partial charge >= 0.3 is 0 Å². The highest BCUT2D eigenvalue weighted by atomic mass is 35.5. The highest BCUT2D eigenvalue weighted by Gasteiger charge is 2.38. The van der Waals surface area contributed by atoms with E-state index in [9.17, 15) is 0 Å². The van der Waals surface area contributed by atoms with Gasteiger partial charge < -0.3 is 0 Å². The molecular weight excluding hydrogens is 208 g/mol. The van der Waals surface area contributed by atoms with E-state index in [4.69, 9.17) is 11.6 Å². The Labute approximate surface area is 95.3 Å². The molecule has 80 valence electrons. The van der Waals surface area contributed by atoms with Gasteiger partial charge in [-0.25, -0.2) is 4.98 Å².